The van der Waals surface area contributed by atoms with Crippen molar-refractivity contribution in [1.82, 2.24) is 19.7 Å². The number of H-pyrrole nitrogens is 1. The lowest BCUT2D eigenvalue weighted by Gasteiger charge is -2.11. The Hall–Kier alpha value is -2.12. The molecule has 0 aliphatic rings. The highest BCUT2D eigenvalue weighted by Gasteiger charge is 2.14. The van der Waals surface area contributed by atoms with Gasteiger partial charge in [0.1, 0.15) is 5.39 Å². The number of benzene rings is 1. The summed E-state index contributed by atoms with van der Waals surface area (Å²) in [5, 5.41) is 15.4. The normalized spacial score (nSPS) is 12.7. The van der Waals surface area contributed by atoms with Gasteiger partial charge < -0.3 is 10.1 Å². The molecular formula is C14H14N4O2S. The number of aliphatic hydroxyl groups is 1. The summed E-state index contributed by atoms with van der Waals surface area (Å²) in [6.45, 7) is 0.248. The van der Waals surface area contributed by atoms with Crippen LogP contribution in [0.2, 0.25) is 0 Å². The lowest BCUT2D eigenvalue weighted by Crippen LogP contribution is -2.13. The summed E-state index contributed by atoms with van der Waals surface area (Å²) >= 11 is 1.35. The molecule has 2 aromatic heterocycles. The molecule has 0 spiro atoms. The second-order valence-corrected chi connectivity index (χ2v) is 5.36. The molecule has 0 saturated carbocycles. The quantitative estimate of drug-likeness (QED) is 0.564. The highest BCUT2D eigenvalue weighted by Crippen LogP contribution is 2.17. The fourth-order valence-corrected chi connectivity index (χ4v) is 2.49. The van der Waals surface area contributed by atoms with Crippen molar-refractivity contribution >= 4 is 22.8 Å². The molecule has 21 heavy (non-hydrogen) atoms. The zero-order valence-electron chi connectivity index (χ0n) is 11.4. The van der Waals surface area contributed by atoms with Crippen LogP contribution in [0.15, 0.2) is 46.5 Å². The van der Waals surface area contributed by atoms with Gasteiger partial charge in [-0.05, 0) is 11.8 Å². The van der Waals surface area contributed by atoms with Crippen molar-refractivity contribution < 1.29 is 5.11 Å². The molecule has 0 aliphatic heterocycles. The summed E-state index contributed by atoms with van der Waals surface area (Å²) < 4.78 is 1.56. The van der Waals surface area contributed by atoms with Crippen LogP contribution in [0.1, 0.15) is 11.7 Å². The number of thioether (sulfide) groups is 1. The summed E-state index contributed by atoms with van der Waals surface area (Å²) in [7, 11) is 0. The SMILES string of the molecule is CSc1nc2c(cnn2CC(O)c2ccccc2)c(=O)[nH]1. The van der Waals surface area contributed by atoms with E-state index in [2.05, 4.69) is 15.1 Å². The van der Waals surface area contributed by atoms with Crippen molar-refractivity contribution in [3.05, 3.63) is 52.4 Å². The molecular weight excluding hydrogens is 288 g/mol. The highest BCUT2D eigenvalue weighted by atomic mass is 32.2. The summed E-state index contributed by atoms with van der Waals surface area (Å²) in [5.74, 6) is 0. The average molecular weight is 302 g/mol. The molecule has 3 rings (SSSR count). The Morgan fingerprint density at radius 1 is 1.38 bits per heavy atom. The fraction of sp³-hybridized carbons (Fsp3) is 0.214. The molecule has 7 heteroatoms. The van der Waals surface area contributed by atoms with E-state index in [0.29, 0.717) is 16.2 Å². The van der Waals surface area contributed by atoms with Gasteiger partial charge >= 0.3 is 0 Å². The van der Waals surface area contributed by atoms with Gasteiger partial charge in [0, 0.05) is 0 Å². The van der Waals surface area contributed by atoms with Crippen LogP contribution in [-0.4, -0.2) is 31.1 Å². The maximum absolute atomic E-state index is 11.9. The first-order valence-corrected chi connectivity index (χ1v) is 7.64. The first kappa shape index (κ1) is 13.8. The van der Waals surface area contributed by atoms with E-state index in [0.717, 1.165) is 5.56 Å². The van der Waals surface area contributed by atoms with Gasteiger partial charge in [-0.25, -0.2) is 9.67 Å². The van der Waals surface area contributed by atoms with Gasteiger partial charge in [-0.2, -0.15) is 5.10 Å². The van der Waals surface area contributed by atoms with Crippen molar-refractivity contribution in [3.63, 3.8) is 0 Å². The van der Waals surface area contributed by atoms with Crippen LogP contribution in [0.4, 0.5) is 0 Å². The second kappa shape index (κ2) is 5.71. The van der Waals surface area contributed by atoms with E-state index in [9.17, 15) is 9.90 Å². The van der Waals surface area contributed by atoms with Gasteiger partial charge in [0.2, 0.25) is 0 Å². The van der Waals surface area contributed by atoms with Crippen LogP contribution < -0.4 is 5.56 Å². The second-order valence-electron chi connectivity index (χ2n) is 4.57. The molecule has 0 fully saturated rings. The van der Waals surface area contributed by atoms with E-state index >= 15 is 0 Å². The molecule has 2 heterocycles. The Kier molecular flexibility index (Phi) is 3.76. The molecule has 0 radical (unpaired) electrons. The maximum atomic E-state index is 11.9. The van der Waals surface area contributed by atoms with Crippen molar-refractivity contribution in [1.29, 1.82) is 0 Å². The van der Waals surface area contributed by atoms with Crippen molar-refractivity contribution in [2.75, 3.05) is 6.26 Å². The summed E-state index contributed by atoms with van der Waals surface area (Å²) in [6, 6.07) is 9.34. The zero-order chi connectivity index (χ0) is 14.8. The number of aliphatic hydroxyl groups excluding tert-OH is 1. The van der Waals surface area contributed by atoms with E-state index in [-0.39, 0.29) is 12.1 Å². The number of aromatic nitrogens is 4. The number of hydrogen-bond donors (Lipinski definition) is 2. The third-order valence-corrected chi connectivity index (χ3v) is 3.79. The van der Waals surface area contributed by atoms with E-state index in [4.69, 9.17) is 0 Å². The number of rotatable bonds is 4. The van der Waals surface area contributed by atoms with Crippen molar-refractivity contribution in [2.24, 2.45) is 0 Å². The lowest BCUT2D eigenvalue weighted by atomic mass is 10.1. The Bertz CT molecular complexity index is 813. The third kappa shape index (κ3) is 2.70. The number of nitrogens with one attached hydrogen (secondary N) is 1. The number of nitrogens with zero attached hydrogens (tertiary/aromatic N) is 3. The molecule has 0 amide bonds. The number of fused-ring (bicyclic) bond motifs is 1. The molecule has 0 bridgehead atoms. The summed E-state index contributed by atoms with van der Waals surface area (Å²) in [6.07, 6.45) is 2.61. The van der Waals surface area contributed by atoms with Crippen LogP contribution >= 0.6 is 11.8 Å². The van der Waals surface area contributed by atoms with Crippen LogP contribution in [-0.2, 0) is 6.54 Å². The van der Waals surface area contributed by atoms with Crippen LogP contribution in [0, 0.1) is 0 Å². The monoisotopic (exact) mass is 302 g/mol. The topological polar surface area (TPSA) is 83.8 Å². The fourth-order valence-electron chi connectivity index (χ4n) is 2.12. The highest BCUT2D eigenvalue weighted by molar-refractivity contribution is 7.98. The predicted octanol–water partition coefficient (Wildman–Crippen LogP) is 1.58. The Morgan fingerprint density at radius 2 is 2.14 bits per heavy atom. The van der Waals surface area contributed by atoms with Crippen LogP contribution in [0.5, 0.6) is 0 Å². The average Bonchev–Trinajstić information content (AvgIpc) is 2.91. The maximum Gasteiger partial charge on any atom is 0.262 e. The lowest BCUT2D eigenvalue weighted by molar-refractivity contribution is 0.153. The standard InChI is InChI=1S/C14H14N4O2S/c1-21-14-16-12-10(13(20)17-14)7-15-18(12)8-11(19)9-5-3-2-4-6-9/h2-7,11,19H,8H2,1H3,(H,16,17,20). The van der Waals surface area contributed by atoms with E-state index in [1.165, 1.54) is 18.0 Å². The molecule has 0 aliphatic carbocycles. The molecule has 108 valence electrons. The first-order chi connectivity index (χ1) is 10.2. The third-order valence-electron chi connectivity index (χ3n) is 3.21. The number of aromatic amines is 1. The first-order valence-electron chi connectivity index (χ1n) is 6.42. The largest absolute Gasteiger partial charge is 0.386 e. The predicted molar refractivity (Wildman–Crippen MR) is 81.3 cm³/mol. The van der Waals surface area contributed by atoms with Gasteiger partial charge in [0.05, 0.1) is 18.8 Å². The Morgan fingerprint density at radius 3 is 2.86 bits per heavy atom. The molecule has 1 atom stereocenters. The van der Waals surface area contributed by atoms with E-state index in [1.54, 1.807) is 4.68 Å². The molecule has 0 saturated heterocycles. The van der Waals surface area contributed by atoms with Crippen molar-refractivity contribution in [2.45, 2.75) is 17.8 Å². The zero-order valence-corrected chi connectivity index (χ0v) is 12.2. The minimum Gasteiger partial charge on any atom is -0.386 e. The van der Waals surface area contributed by atoms with Gasteiger partial charge in [-0.1, -0.05) is 42.1 Å². The van der Waals surface area contributed by atoms with Gasteiger partial charge in [0.15, 0.2) is 10.8 Å². The van der Waals surface area contributed by atoms with E-state index < -0.39 is 6.10 Å². The molecule has 1 unspecified atom stereocenters. The van der Waals surface area contributed by atoms with Gasteiger partial charge in [-0.15, -0.1) is 0 Å². The summed E-state index contributed by atoms with van der Waals surface area (Å²) in [4.78, 5) is 18.9. The smallest absolute Gasteiger partial charge is 0.262 e. The summed E-state index contributed by atoms with van der Waals surface area (Å²) in [5.41, 5.74) is 1.07. The van der Waals surface area contributed by atoms with Gasteiger partial charge in [-0.3, -0.25) is 4.79 Å². The number of hydrogen-bond acceptors (Lipinski definition) is 5. The van der Waals surface area contributed by atoms with Crippen molar-refractivity contribution in [3.8, 4) is 0 Å². The van der Waals surface area contributed by atoms with E-state index in [1.807, 2.05) is 36.6 Å². The molecule has 6 nitrogen and oxygen atoms in total. The minimum atomic E-state index is -0.701. The van der Waals surface area contributed by atoms with Gasteiger partial charge in [0.25, 0.3) is 5.56 Å². The Labute approximate surface area is 124 Å². The van der Waals surface area contributed by atoms with Crippen LogP contribution in [0.25, 0.3) is 11.0 Å². The Balaban J connectivity index is 1.98. The minimum absolute atomic E-state index is 0.218. The molecule has 1 aromatic carbocycles. The molecule has 2 N–H and O–H groups in total. The molecule has 3 aromatic rings. The van der Waals surface area contributed by atoms with Crippen LogP contribution in [0.3, 0.4) is 0 Å².